The van der Waals surface area contributed by atoms with Gasteiger partial charge in [0.05, 0.1) is 35.0 Å². The van der Waals surface area contributed by atoms with E-state index in [2.05, 4.69) is 198 Å². The van der Waals surface area contributed by atoms with Crippen LogP contribution in [0.25, 0.3) is 55.4 Å². The van der Waals surface area contributed by atoms with E-state index in [1.807, 2.05) is 18.2 Å². The summed E-state index contributed by atoms with van der Waals surface area (Å²) in [4.78, 5) is 7.85. The Morgan fingerprint density at radius 1 is 0.661 bits per heavy atom. The Balaban J connectivity index is 0.967. The summed E-state index contributed by atoms with van der Waals surface area (Å²) in [6, 6.07) is 61.9. The van der Waals surface area contributed by atoms with Crippen LogP contribution < -0.4 is 10.6 Å². The van der Waals surface area contributed by atoms with Gasteiger partial charge in [0.2, 0.25) is 0 Å². The van der Waals surface area contributed by atoms with Gasteiger partial charge >= 0.3 is 0 Å². The Labute approximate surface area is 364 Å². The standard InChI is InChI=1S/C58H48N4/c59-53(42-18-4-1-5-19-42)38-54(43-20-6-2-7-21-43)60-39-40-17-14-22-44(37-40)48-28-16-30-52-50-26-11-13-32-56(50)62(58(48)52)46-35-33-41(34-36-46)47-27-15-29-51-49-25-10-12-31-55(49)61(57(47)51)45-23-8-3-9-24-45/h1-6,8-10,12-20,22-25,27-38,50,56H,7,11,21,26,39,59H2/b53-38-,60-54?. The van der Waals surface area contributed by atoms with E-state index in [1.165, 1.54) is 77.8 Å². The summed E-state index contributed by atoms with van der Waals surface area (Å²) >= 11 is 0. The van der Waals surface area contributed by atoms with E-state index in [0.717, 1.165) is 42.7 Å². The van der Waals surface area contributed by atoms with Gasteiger partial charge in [-0.3, -0.25) is 4.99 Å². The number of rotatable bonds is 9. The van der Waals surface area contributed by atoms with Crippen LogP contribution in [0.2, 0.25) is 0 Å². The molecule has 0 radical (unpaired) electrons. The zero-order chi connectivity index (χ0) is 41.4. The third kappa shape index (κ3) is 6.78. The monoisotopic (exact) mass is 800 g/mol. The summed E-state index contributed by atoms with van der Waals surface area (Å²) < 4.78 is 2.43. The number of nitrogens with two attached hydrogens (primary N) is 1. The lowest BCUT2D eigenvalue weighted by molar-refractivity contribution is 0.573. The lowest BCUT2D eigenvalue weighted by Crippen LogP contribution is -2.29. The molecule has 4 heteroatoms. The van der Waals surface area contributed by atoms with Crippen LogP contribution in [0.15, 0.2) is 217 Å². The van der Waals surface area contributed by atoms with Gasteiger partial charge in [-0.1, -0.05) is 164 Å². The number of hydrogen-bond acceptors (Lipinski definition) is 3. The second-order valence-corrected chi connectivity index (χ2v) is 16.7. The van der Waals surface area contributed by atoms with Gasteiger partial charge < -0.3 is 15.2 Å². The van der Waals surface area contributed by atoms with Crippen molar-refractivity contribution in [2.24, 2.45) is 10.7 Å². The van der Waals surface area contributed by atoms with Gasteiger partial charge in [0.15, 0.2) is 0 Å². The molecule has 0 fully saturated rings. The SMILES string of the molecule is N/C(=C\C(=NCc1cccc(-c2cccc3c2N(c2ccc(-c4cccc5c6ccccc6n(-c6ccccc6)c45)cc2)C2C=CCCC32)c1)C1=CC=CCC1)c1ccccc1. The number of hydrogen-bond donors (Lipinski definition) is 1. The van der Waals surface area contributed by atoms with Crippen LogP contribution in [0.4, 0.5) is 11.4 Å². The van der Waals surface area contributed by atoms with Crippen LogP contribution in [0.5, 0.6) is 0 Å². The van der Waals surface area contributed by atoms with Crippen molar-refractivity contribution in [2.45, 2.75) is 44.2 Å². The van der Waals surface area contributed by atoms with Crippen molar-refractivity contribution in [1.82, 2.24) is 4.57 Å². The van der Waals surface area contributed by atoms with E-state index in [0.29, 0.717) is 12.5 Å². The number of fused-ring (bicyclic) bond motifs is 6. The van der Waals surface area contributed by atoms with Gasteiger partial charge in [-0.25, -0.2) is 0 Å². The second-order valence-electron chi connectivity index (χ2n) is 16.7. The fourth-order valence-corrected chi connectivity index (χ4v) is 10.1. The predicted molar refractivity (Wildman–Crippen MR) is 261 cm³/mol. The molecule has 300 valence electrons. The van der Waals surface area contributed by atoms with E-state index in [9.17, 15) is 0 Å². The molecule has 0 saturated heterocycles. The van der Waals surface area contributed by atoms with Crippen LogP contribution in [0.1, 0.15) is 48.3 Å². The molecule has 0 bridgehead atoms. The van der Waals surface area contributed by atoms with Crippen molar-refractivity contribution in [1.29, 1.82) is 0 Å². The highest BCUT2D eigenvalue weighted by Crippen LogP contribution is 2.53. The number of para-hydroxylation sites is 4. The van der Waals surface area contributed by atoms with Gasteiger partial charge in [-0.2, -0.15) is 0 Å². The molecule has 2 unspecified atom stereocenters. The van der Waals surface area contributed by atoms with E-state index in [4.69, 9.17) is 10.7 Å². The summed E-state index contributed by atoms with van der Waals surface area (Å²) in [5.74, 6) is 0.431. The molecule has 11 rings (SSSR count). The fourth-order valence-electron chi connectivity index (χ4n) is 10.1. The Morgan fingerprint density at radius 3 is 2.26 bits per heavy atom. The first kappa shape index (κ1) is 37.6. The lowest BCUT2D eigenvalue weighted by Gasteiger charge is -2.31. The van der Waals surface area contributed by atoms with Gasteiger partial charge in [-0.05, 0) is 102 Å². The van der Waals surface area contributed by atoms with Crippen molar-refractivity contribution in [3.8, 4) is 27.9 Å². The molecule has 1 aromatic heterocycles. The first-order valence-corrected chi connectivity index (χ1v) is 22.0. The molecule has 0 spiro atoms. The Kier molecular flexibility index (Phi) is 9.82. The summed E-state index contributed by atoms with van der Waals surface area (Å²) in [5.41, 5.74) is 24.2. The molecule has 2 N–H and O–H groups in total. The number of allylic oxidation sites excluding steroid dienone is 6. The summed E-state index contributed by atoms with van der Waals surface area (Å²) in [5, 5.41) is 2.53. The maximum absolute atomic E-state index is 6.66. The Hall–Kier alpha value is -7.43. The molecular formula is C58H48N4. The van der Waals surface area contributed by atoms with Crippen molar-refractivity contribution >= 4 is 44.6 Å². The fraction of sp³-hybridized carbons (Fsp3) is 0.121. The third-order valence-electron chi connectivity index (χ3n) is 13.0. The number of nitrogens with zero attached hydrogens (tertiary/aromatic N) is 3. The first-order chi connectivity index (χ1) is 30.7. The van der Waals surface area contributed by atoms with E-state index >= 15 is 0 Å². The molecule has 4 nitrogen and oxygen atoms in total. The normalized spacial score (nSPS) is 17.4. The molecule has 3 aliphatic rings. The van der Waals surface area contributed by atoms with Crippen LogP contribution in [0, 0.1) is 0 Å². The maximum Gasteiger partial charge on any atom is 0.0647 e. The molecule has 2 atom stereocenters. The average Bonchev–Trinajstić information content (AvgIpc) is 3.87. The number of anilines is 2. The number of aliphatic imine (C=N–C) groups is 1. The molecule has 7 aromatic carbocycles. The van der Waals surface area contributed by atoms with E-state index in [1.54, 1.807) is 0 Å². The number of benzene rings is 7. The minimum atomic E-state index is 0.254. The van der Waals surface area contributed by atoms with Crippen LogP contribution in [0.3, 0.4) is 0 Å². The highest BCUT2D eigenvalue weighted by Gasteiger charge is 2.40. The van der Waals surface area contributed by atoms with Gasteiger partial charge in [-0.15, -0.1) is 0 Å². The molecule has 0 saturated carbocycles. The molecular weight excluding hydrogens is 753 g/mol. The Morgan fingerprint density at radius 2 is 1.42 bits per heavy atom. The summed E-state index contributed by atoms with van der Waals surface area (Å²) in [6.45, 7) is 0.562. The van der Waals surface area contributed by atoms with Crippen LogP contribution in [-0.2, 0) is 6.54 Å². The molecule has 62 heavy (non-hydrogen) atoms. The van der Waals surface area contributed by atoms with Crippen LogP contribution in [-0.4, -0.2) is 16.3 Å². The smallest absolute Gasteiger partial charge is 0.0647 e. The Bertz CT molecular complexity index is 3110. The van der Waals surface area contributed by atoms with Gasteiger partial charge in [0.1, 0.15) is 0 Å². The molecule has 2 aliphatic carbocycles. The van der Waals surface area contributed by atoms with E-state index < -0.39 is 0 Å². The van der Waals surface area contributed by atoms with Crippen molar-refractivity contribution < 1.29 is 0 Å². The zero-order valence-electron chi connectivity index (χ0n) is 34.7. The highest BCUT2D eigenvalue weighted by atomic mass is 15.2. The molecule has 1 aliphatic heterocycles. The van der Waals surface area contributed by atoms with Gasteiger partial charge in [0, 0.05) is 44.9 Å². The third-order valence-corrected chi connectivity index (χ3v) is 13.0. The minimum Gasteiger partial charge on any atom is -0.398 e. The quantitative estimate of drug-likeness (QED) is 0.117. The predicted octanol–water partition coefficient (Wildman–Crippen LogP) is 14.3. The molecule has 0 amide bonds. The van der Waals surface area contributed by atoms with Crippen molar-refractivity contribution in [3.05, 3.63) is 229 Å². The highest BCUT2D eigenvalue weighted by molar-refractivity contribution is 6.14. The van der Waals surface area contributed by atoms with E-state index in [-0.39, 0.29) is 6.04 Å². The lowest BCUT2D eigenvalue weighted by atomic mass is 9.86. The maximum atomic E-state index is 6.66. The molecule has 2 heterocycles. The minimum absolute atomic E-state index is 0.254. The first-order valence-electron chi connectivity index (χ1n) is 22.0. The summed E-state index contributed by atoms with van der Waals surface area (Å²) in [7, 11) is 0. The molecule has 8 aromatic rings. The van der Waals surface area contributed by atoms with Crippen LogP contribution >= 0.6 is 0 Å². The zero-order valence-corrected chi connectivity index (χ0v) is 34.7. The van der Waals surface area contributed by atoms with Crippen molar-refractivity contribution in [3.63, 3.8) is 0 Å². The topological polar surface area (TPSA) is 46.5 Å². The number of aromatic nitrogens is 1. The largest absolute Gasteiger partial charge is 0.398 e. The van der Waals surface area contributed by atoms with Crippen molar-refractivity contribution in [2.75, 3.05) is 4.90 Å². The second kappa shape index (κ2) is 16.2. The average molecular weight is 801 g/mol. The summed E-state index contributed by atoms with van der Waals surface area (Å²) in [6.07, 6.45) is 17.6. The van der Waals surface area contributed by atoms with Gasteiger partial charge in [0.25, 0.3) is 0 Å².